The fourth-order valence-electron chi connectivity index (χ4n) is 3.83. The Bertz CT molecular complexity index is 753. The van der Waals surface area contributed by atoms with E-state index in [9.17, 15) is 0 Å². The molecule has 4 nitrogen and oxygen atoms in total. The molecule has 2 fully saturated rings. The summed E-state index contributed by atoms with van der Waals surface area (Å²) >= 11 is 0. The molecule has 1 aliphatic heterocycles. The van der Waals surface area contributed by atoms with E-state index < -0.39 is 0 Å². The van der Waals surface area contributed by atoms with Crippen molar-refractivity contribution in [1.82, 2.24) is 10.6 Å². The number of hydrogen-bond acceptors (Lipinski definition) is 2. The van der Waals surface area contributed by atoms with Crippen LogP contribution in [0.1, 0.15) is 29.9 Å². The van der Waals surface area contributed by atoms with E-state index >= 15 is 0 Å². The van der Waals surface area contributed by atoms with E-state index in [0.717, 1.165) is 25.5 Å². The van der Waals surface area contributed by atoms with Gasteiger partial charge in [-0.2, -0.15) is 0 Å². The number of nitrogens with zero attached hydrogens (tertiary/aromatic N) is 2. The Balaban J connectivity index is 1.29. The molecule has 4 heteroatoms. The second-order valence-electron chi connectivity index (χ2n) is 7.49. The summed E-state index contributed by atoms with van der Waals surface area (Å²) in [6.07, 6.45) is 2.33. The number of aliphatic imine (C=N–C) groups is 1. The normalized spacial score (nSPS) is 25.2. The molecule has 3 atom stereocenters. The van der Waals surface area contributed by atoms with Crippen molar-refractivity contribution in [3.63, 3.8) is 0 Å². The summed E-state index contributed by atoms with van der Waals surface area (Å²) in [5.74, 6) is 1.55. The summed E-state index contributed by atoms with van der Waals surface area (Å²) in [6, 6.07) is 20.5. The molecule has 2 N–H and O–H groups in total. The van der Waals surface area contributed by atoms with Crippen LogP contribution in [0.4, 0.5) is 5.69 Å². The van der Waals surface area contributed by atoms with Crippen molar-refractivity contribution in [2.75, 3.05) is 25.0 Å². The van der Waals surface area contributed by atoms with Crippen molar-refractivity contribution in [1.29, 1.82) is 0 Å². The van der Waals surface area contributed by atoms with Crippen LogP contribution >= 0.6 is 0 Å². The smallest absolute Gasteiger partial charge is 0.191 e. The molecule has 4 rings (SSSR count). The Labute approximate surface area is 156 Å². The van der Waals surface area contributed by atoms with Crippen molar-refractivity contribution in [2.24, 2.45) is 4.99 Å². The highest BCUT2D eigenvalue weighted by molar-refractivity contribution is 5.81. The average molecular weight is 348 g/mol. The van der Waals surface area contributed by atoms with Gasteiger partial charge in [-0.25, -0.2) is 0 Å². The molecular weight excluding hydrogens is 320 g/mol. The molecule has 0 amide bonds. The molecule has 26 heavy (non-hydrogen) atoms. The molecule has 0 aromatic heterocycles. The van der Waals surface area contributed by atoms with E-state index in [1.807, 2.05) is 7.05 Å². The third-order valence-corrected chi connectivity index (χ3v) is 5.49. The topological polar surface area (TPSA) is 39.7 Å². The Hall–Kier alpha value is -2.49. The van der Waals surface area contributed by atoms with E-state index in [1.165, 1.54) is 23.2 Å². The first-order valence-corrected chi connectivity index (χ1v) is 9.59. The summed E-state index contributed by atoms with van der Waals surface area (Å²) in [6.45, 7) is 4.25. The van der Waals surface area contributed by atoms with E-state index in [4.69, 9.17) is 0 Å². The molecule has 0 bridgehead atoms. The van der Waals surface area contributed by atoms with Crippen molar-refractivity contribution >= 4 is 11.6 Å². The van der Waals surface area contributed by atoms with Crippen LogP contribution in [0.2, 0.25) is 0 Å². The molecule has 3 unspecified atom stereocenters. The SMILES string of the molecule is CN=C(NC1CCN(c2ccc(C)cc2)C1)NC1CC1c1ccccc1. The van der Waals surface area contributed by atoms with Gasteiger partial charge in [-0.3, -0.25) is 4.99 Å². The first-order valence-electron chi connectivity index (χ1n) is 9.59. The molecule has 1 saturated heterocycles. The van der Waals surface area contributed by atoms with Gasteiger partial charge in [0.1, 0.15) is 0 Å². The van der Waals surface area contributed by atoms with Gasteiger partial charge in [0.15, 0.2) is 5.96 Å². The lowest BCUT2D eigenvalue weighted by Gasteiger charge is -2.20. The molecule has 136 valence electrons. The maximum Gasteiger partial charge on any atom is 0.191 e. The zero-order valence-electron chi connectivity index (χ0n) is 15.7. The molecule has 2 aliphatic rings. The number of hydrogen-bond donors (Lipinski definition) is 2. The number of benzene rings is 2. The molecule has 1 saturated carbocycles. The van der Waals surface area contributed by atoms with Gasteiger partial charge in [0, 0.05) is 43.8 Å². The summed E-state index contributed by atoms with van der Waals surface area (Å²) in [4.78, 5) is 6.90. The van der Waals surface area contributed by atoms with Gasteiger partial charge in [-0.15, -0.1) is 0 Å². The second kappa shape index (κ2) is 7.40. The number of nitrogens with one attached hydrogen (secondary N) is 2. The van der Waals surface area contributed by atoms with Gasteiger partial charge in [-0.1, -0.05) is 48.0 Å². The fourth-order valence-corrected chi connectivity index (χ4v) is 3.83. The van der Waals surface area contributed by atoms with Crippen molar-refractivity contribution in [3.8, 4) is 0 Å². The molecule has 1 aliphatic carbocycles. The van der Waals surface area contributed by atoms with Crippen LogP contribution in [0.3, 0.4) is 0 Å². The molecule has 0 spiro atoms. The maximum atomic E-state index is 4.45. The van der Waals surface area contributed by atoms with Gasteiger partial charge >= 0.3 is 0 Å². The number of anilines is 1. The minimum atomic E-state index is 0.441. The van der Waals surface area contributed by atoms with Gasteiger partial charge < -0.3 is 15.5 Å². The number of aryl methyl sites for hydroxylation is 1. The van der Waals surface area contributed by atoms with E-state index in [2.05, 4.69) is 82.0 Å². The Morgan fingerprint density at radius 3 is 2.54 bits per heavy atom. The first kappa shape index (κ1) is 17.0. The van der Waals surface area contributed by atoms with Crippen molar-refractivity contribution < 1.29 is 0 Å². The molecule has 1 heterocycles. The van der Waals surface area contributed by atoms with E-state index in [0.29, 0.717) is 18.0 Å². The Kier molecular flexibility index (Phi) is 4.83. The lowest BCUT2D eigenvalue weighted by molar-refractivity contribution is 0.646. The van der Waals surface area contributed by atoms with Crippen LogP contribution in [-0.4, -0.2) is 38.2 Å². The van der Waals surface area contributed by atoms with Crippen molar-refractivity contribution in [2.45, 2.75) is 37.8 Å². The van der Waals surface area contributed by atoms with Crippen LogP contribution in [0.15, 0.2) is 59.6 Å². The highest BCUT2D eigenvalue weighted by Gasteiger charge is 2.39. The maximum absolute atomic E-state index is 4.45. The average Bonchev–Trinajstić information content (AvgIpc) is 3.29. The van der Waals surface area contributed by atoms with Gasteiger partial charge in [0.25, 0.3) is 0 Å². The number of rotatable bonds is 4. The summed E-state index contributed by atoms with van der Waals surface area (Å²) in [5, 5.41) is 7.22. The van der Waals surface area contributed by atoms with Gasteiger partial charge in [-0.05, 0) is 37.5 Å². The Morgan fingerprint density at radius 2 is 1.81 bits per heavy atom. The molecule has 0 radical (unpaired) electrons. The van der Waals surface area contributed by atoms with Crippen molar-refractivity contribution in [3.05, 3.63) is 65.7 Å². The van der Waals surface area contributed by atoms with Crippen LogP contribution in [0.5, 0.6) is 0 Å². The highest BCUT2D eigenvalue weighted by atomic mass is 15.3. The highest BCUT2D eigenvalue weighted by Crippen LogP contribution is 2.40. The van der Waals surface area contributed by atoms with E-state index in [-0.39, 0.29) is 0 Å². The minimum Gasteiger partial charge on any atom is -0.369 e. The standard InChI is InChI=1S/C22H28N4/c1-16-8-10-19(11-9-16)26-13-12-18(15-26)24-22(23-2)25-21-14-20(21)17-6-4-3-5-7-17/h3-11,18,20-21H,12-15H2,1-2H3,(H2,23,24,25). The van der Waals surface area contributed by atoms with Crippen LogP contribution in [0.25, 0.3) is 0 Å². The summed E-state index contributed by atoms with van der Waals surface area (Å²) < 4.78 is 0. The van der Waals surface area contributed by atoms with Gasteiger partial charge in [0.05, 0.1) is 0 Å². The lowest BCUT2D eigenvalue weighted by atomic mass is 10.1. The first-order chi connectivity index (χ1) is 12.7. The third kappa shape index (κ3) is 3.85. The summed E-state index contributed by atoms with van der Waals surface area (Å²) in [5.41, 5.74) is 4.05. The fraction of sp³-hybridized carbons (Fsp3) is 0.409. The van der Waals surface area contributed by atoms with Crippen LogP contribution < -0.4 is 15.5 Å². The third-order valence-electron chi connectivity index (χ3n) is 5.49. The van der Waals surface area contributed by atoms with Gasteiger partial charge in [0.2, 0.25) is 0 Å². The van der Waals surface area contributed by atoms with Crippen LogP contribution in [0, 0.1) is 6.92 Å². The Morgan fingerprint density at radius 1 is 1.04 bits per heavy atom. The predicted molar refractivity (Wildman–Crippen MR) is 109 cm³/mol. The molecule has 2 aromatic carbocycles. The molecular formula is C22H28N4. The zero-order chi connectivity index (χ0) is 17.9. The largest absolute Gasteiger partial charge is 0.369 e. The number of guanidine groups is 1. The zero-order valence-corrected chi connectivity index (χ0v) is 15.7. The second-order valence-corrected chi connectivity index (χ2v) is 7.49. The summed E-state index contributed by atoms with van der Waals surface area (Å²) in [7, 11) is 1.86. The minimum absolute atomic E-state index is 0.441. The monoisotopic (exact) mass is 348 g/mol. The quantitative estimate of drug-likeness (QED) is 0.658. The predicted octanol–water partition coefficient (Wildman–Crippen LogP) is 3.29. The lowest BCUT2D eigenvalue weighted by Crippen LogP contribution is -2.45. The van der Waals surface area contributed by atoms with Crippen LogP contribution in [-0.2, 0) is 0 Å². The van der Waals surface area contributed by atoms with E-state index in [1.54, 1.807) is 0 Å². The molecule has 2 aromatic rings.